The van der Waals surface area contributed by atoms with Crippen molar-refractivity contribution in [3.63, 3.8) is 0 Å². The Balaban J connectivity index is 0.000000800. The summed E-state index contributed by atoms with van der Waals surface area (Å²) in [7, 11) is 7.90. The SMILES string of the molecule is CN[C@@H](C)C/C=C/c1cccnc1.CN[C@@H](C)C/C=C/c1cccnc1.CN[C@@H](C)C/C=C/c1cccnc1.CN[C@@H](C)C/C=C/c1cccnc1.O=C(O)[C@@H](O)[C@H](O)[C@H](O)[C@@H](O)C(=O)O. The first-order chi connectivity index (χ1) is 31.6. The van der Waals surface area contributed by atoms with Crippen LogP contribution in [0.2, 0.25) is 0 Å². The van der Waals surface area contributed by atoms with Gasteiger partial charge >= 0.3 is 11.9 Å². The maximum absolute atomic E-state index is 10.1. The van der Waals surface area contributed by atoms with Gasteiger partial charge < -0.3 is 51.9 Å². The van der Waals surface area contributed by atoms with Gasteiger partial charge in [0.25, 0.3) is 0 Å². The second kappa shape index (κ2) is 38.4. The van der Waals surface area contributed by atoms with Crippen LogP contribution in [0, 0.1) is 0 Å². The lowest BCUT2D eigenvalue weighted by Gasteiger charge is -2.21. The number of carboxylic acid groups (broad SMARTS) is 2. The van der Waals surface area contributed by atoms with Gasteiger partial charge in [-0.15, -0.1) is 0 Å². The standard InChI is InChI=1S/4C11H16N2.C6H10O8/c4*1-10(12-2)5-3-6-11-7-4-8-13-9-11;7-1(3(9)5(11)12)2(8)4(10)6(13)14/h4*3-4,6-10,12H,5H2,1-2H3;1-4,7-10H,(H,11,12)(H,13,14)/b4*6-3+;/t4*10-;1-,2+,3+,4-/m0000./s1. The normalized spacial score (nSPS) is 14.7. The second-order valence-corrected chi connectivity index (χ2v) is 15.0. The minimum Gasteiger partial charge on any atom is -0.479 e. The van der Waals surface area contributed by atoms with Crippen LogP contribution in [0.25, 0.3) is 24.3 Å². The Bertz CT molecular complexity index is 1660. The molecule has 362 valence electrons. The topological polar surface area (TPSA) is 255 Å². The first-order valence-electron chi connectivity index (χ1n) is 21.7. The molecule has 16 nitrogen and oxygen atoms in total. The Labute approximate surface area is 391 Å². The highest BCUT2D eigenvalue weighted by Gasteiger charge is 2.37. The van der Waals surface area contributed by atoms with Crippen LogP contribution in [-0.4, -0.2) is 139 Å². The fourth-order valence-corrected chi connectivity index (χ4v) is 4.67. The minimum absolute atomic E-state index is 0.535. The van der Waals surface area contributed by atoms with Crippen molar-refractivity contribution in [3.8, 4) is 0 Å². The monoisotopic (exact) mass is 915 g/mol. The van der Waals surface area contributed by atoms with Crippen LogP contribution < -0.4 is 21.3 Å². The van der Waals surface area contributed by atoms with E-state index in [1.54, 1.807) is 24.8 Å². The van der Waals surface area contributed by atoms with E-state index in [0.717, 1.165) is 47.9 Å². The third kappa shape index (κ3) is 31.1. The van der Waals surface area contributed by atoms with Crippen LogP contribution in [0.5, 0.6) is 0 Å². The molecular formula is C50H74N8O8. The van der Waals surface area contributed by atoms with E-state index in [4.69, 9.17) is 30.6 Å². The first kappa shape index (κ1) is 60.2. The number of carbonyl (C=O) groups is 2. The predicted molar refractivity (Wildman–Crippen MR) is 265 cm³/mol. The third-order valence-corrected chi connectivity index (χ3v) is 9.41. The second-order valence-electron chi connectivity index (χ2n) is 15.0. The minimum atomic E-state index is -2.36. The van der Waals surface area contributed by atoms with Gasteiger partial charge in [-0.2, -0.15) is 0 Å². The number of pyridine rings is 4. The van der Waals surface area contributed by atoms with Gasteiger partial charge in [-0.1, -0.05) is 72.9 Å². The quantitative estimate of drug-likeness (QED) is 0.0530. The predicted octanol–water partition coefficient (Wildman–Crippen LogP) is 4.97. The van der Waals surface area contributed by atoms with Crippen LogP contribution in [0.15, 0.2) is 122 Å². The van der Waals surface area contributed by atoms with Crippen LogP contribution in [0.4, 0.5) is 0 Å². The van der Waals surface area contributed by atoms with E-state index in [2.05, 4.69) is 118 Å². The first-order valence-corrected chi connectivity index (χ1v) is 21.7. The van der Waals surface area contributed by atoms with Crippen LogP contribution in [0.3, 0.4) is 0 Å². The van der Waals surface area contributed by atoms with Gasteiger partial charge in [0.1, 0.15) is 12.2 Å². The molecule has 0 amide bonds. The zero-order valence-electron chi connectivity index (χ0n) is 39.6. The van der Waals surface area contributed by atoms with E-state index < -0.39 is 36.4 Å². The summed E-state index contributed by atoms with van der Waals surface area (Å²) in [4.78, 5) is 36.3. The molecule has 0 aliphatic rings. The Morgan fingerprint density at radius 1 is 0.455 bits per heavy atom. The molecule has 0 spiro atoms. The fourth-order valence-electron chi connectivity index (χ4n) is 4.67. The molecule has 10 N–H and O–H groups in total. The molecular weight excluding hydrogens is 841 g/mol. The summed E-state index contributed by atoms with van der Waals surface area (Å²) < 4.78 is 0. The fraction of sp³-hybridized carbons (Fsp3) is 0.400. The molecule has 4 rings (SSSR count). The Hall–Kier alpha value is -5.82. The Morgan fingerprint density at radius 3 is 0.818 bits per heavy atom. The average Bonchev–Trinajstić information content (AvgIpc) is 3.34. The molecule has 16 heteroatoms. The van der Waals surface area contributed by atoms with E-state index >= 15 is 0 Å². The van der Waals surface area contributed by atoms with Gasteiger partial charge in [0.05, 0.1) is 0 Å². The van der Waals surface area contributed by atoms with Crippen molar-refractivity contribution in [1.82, 2.24) is 41.2 Å². The number of hydrogen-bond acceptors (Lipinski definition) is 14. The molecule has 4 aromatic heterocycles. The highest BCUT2D eigenvalue weighted by molar-refractivity contribution is 5.75. The number of aliphatic hydroxyl groups excluding tert-OH is 4. The number of aliphatic hydroxyl groups is 4. The van der Waals surface area contributed by atoms with Crippen molar-refractivity contribution < 1.29 is 40.2 Å². The molecule has 4 heterocycles. The molecule has 0 unspecified atom stereocenters. The molecule has 0 fully saturated rings. The summed E-state index contributed by atoms with van der Waals surface area (Å²) in [6.45, 7) is 8.64. The van der Waals surface area contributed by atoms with E-state index in [9.17, 15) is 9.59 Å². The van der Waals surface area contributed by atoms with Gasteiger partial charge in [0.15, 0.2) is 12.2 Å². The van der Waals surface area contributed by atoms with Gasteiger partial charge in [0, 0.05) is 73.7 Å². The molecule has 0 aliphatic carbocycles. The summed E-state index contributed by atoms with van der Waals surface area (Å²) in [5.41, 5.74) is 4.63. The Kier molecular flexibility index (Phi) is 35.1. The number of rotatable bonds is 21. The van der Waals surface area contributed by atoms with Crippen LogP contribution in [0.1, 0.15) is 75.6 Å². The summed E-state index contributed by atoms with van der Waals surface area (Å²) in [5, 5.41) is 64.2. The number of nitrogens with one attached hydrogen (secondary N) is 4. The number of carboxylic acids is 2. The summed E-state index contributed by atoms with van der Waals surface area (Å²) in [6, 6.07) is 18.1. The van der Waals surface area contributed by atoms with E-state index in [1.165, 1.54) is 0 Å². The van der Waals surface area contributed by atoms with Crippen molar-refractivity contribution in [2.45, 2.75) is 102 Å². The molecule has 0 aliphatic heterocycles. The summed E-state index contributed by atoms with van der Waals surface area (Å²) in [6.07, 6.45) is 26.5. The number of aromatic nitrogens is 4. The van der Waals surface area contributed by atoms with Gasteiger partial charge in [-0.05, 0) is 128 Å². The maximum Gasteiger partial charge on any atom is 0.335 e. The summed E-state index contributed by atoms with van der Waals surface area (Å²) in [5.74, 6) is -3.68. The van der Waals surface area contributed by atoms with E-state index in [0.29, 0.717) is 24.2 Å². The summed E-state index contributed by atoms with van der Waals surface area (Å²) >= 11 is 0. The highest BCUT2D eigenvalue weighted by atomic mass is 16.4. The molecule has 66 heavy (non-hydrogen) atoms. The molecule has 8 atom stereocenters. The van der Waals surface area contributed by atoms with E-state index in [1.807, 2.05) is 102 Å². The van der Waals surface area contributed by atoms with Crippen molar-refractivity contribution >= 4 is 36.2 Å². The third-order valence-electron chi connectivity index (χ3n) is 9.41. The molecule has 0 aromatic carbocycles. The Morgan fingerprint density at radius 2 is 0.667 bits per heavy atom. The van der Waals surface area contributed by atoms with E-state index in [-0.39, 0.29) is 0 Å². The zero-order valence-corrected chi connectivity index (χ0v) is 39.6. The van der Waals surface area contributed by atoms with Gasteiger partial charge in [0.2, 0.25) is 0 Å². The molecule has 0 saturated heterocycles. The maximum atomic E-state index is 10.1. The number of aliphatic carboxylic acids is 2. The molecule has 0 saturated carbocycles. The van der Waals surface area contributed by atoms with Crippen molar-refractivity contribution in [2.75, 3.05) is 28.2 Å². The molecule has 0 bridgehead atoms. The van der Waals surface area contributed by atoms with Gasteiger partial charge in [-0.25, -0.2) is 9.59 Å². The number of hydrogen-bond donors (Lipinski definition) is 10. The largest absolute Gasteiger partial charge is 0.479 e. The highest BCUT2D eigenvalue weighted by Crippen LogP contribution is 2.07. The van der Waals surface area contributed by atoms with Crippen LogP contribution >= 0.6 is 0 Å². The van der Waals surface area contributed by atoms with Crippen molar-refractivity contribution in [1.29, 1.82) is 0 Å². The zero-order chi connectivity index (χ0) is 49.5. The smallest absolute Gasteiger partial charge is 0.335 e. The van der Waals surface area contributed by atoms with Gasteiger partial charge in [-0.3, -0.25) is 19.9 Å². The lowest BCUT2D eigenvalue weighted by molar-refractivity contribution is -0.172. The van der Waals surface area contributed by atoms with Crippen molar-refractivity contribution in [2.24, 2.45) is 0 Å². The molecule has 0 radical (unpaired) electrons. The lowest BCUT2D eigenvalue weighted by atomic mass is 10.0. The lowest BCUT2D eigenvalue weighted by Crippen LogP contribution is -2.49. The van der Waals surface area contributed by atoms with Crippen molar-refractivity contribution in [3.05, 3.63) is 145 Å². The average molecular weight is 915 g/mol. The number of nitrogens with zero attached hydrogens (tertiary/aromatic N) is 4. The molecule has 4 aromatic rings. The van der Waals surface area contributed by atoms with Crippen LogP contribution in [-0.2, 0) is 9.59 Å².